The largest absolute Gasteiger partial charge is 0.375 e. The van der Waals surface area contributed by atoms with Crippen molar-refractivity contribution in [2.45, 2.75) is 37.8 Å². The molecule has 4 N–H and O–H groups in total. The second kappa shape index (κ2) is 7.09. The third kappa shape index (κ3) is 3.46. The molecular weight excluding hydrogens is 304 g/mol. The van der Waals surface area contributed by atoms with Crippen molar-refractivity contribution in [3.05, 3.63) is 30.3 Å². The number of nitrogens with two attached hydrogens (primary N) is 2. The van der Waals surface area contributed by atoms with Gasteiger partial charge in [-0.25, -0.2) is 4.99 Å². The molecule has 0 aromatic heterocycles. The summed E-state index contributed by atoms with van der Waals surface area (Å²) in [5.41, 5.74) is 12.6. The Balaban J connectivity index is 1.53. The lowest BCUT2D eigenvalue weighted by atomic mass is 10.1. The third-order valence-corrected chi connectivity index (χ3v) is 4.60. The number of benzene rings is 1. The first-order valence-electron chi connectivity index (χ1n) is 8.50. The highest BCUT2D eigenvalue weighted by molar-refractivity contribution is 5.95. The van der Waals surface area contributed by atoms with Crippen LogP contribution in [0.3, 0.4) is 0 Å². The zero-order chi connectivity index (χ0) is 17.0. The number of hydrogen-bond acceptors (Lipinski definition) is 7. The van der Waals surface area contributed by atoms with Gasteiger partial charge in [0.1, 0.15) is 0 Å². The summed E-state index contributed by atoms with van der Waals surface area (Å²) in [6.45, 7) is 1.46. The van der Waals surface area contributed by atoms with Gasteiger partial charge in [-0.05, 0) is 44.2 Å². The van der Waals surface area contributed by atoms with Crippen LogP contribution in [-0.2, 0) is 4.84 Å². The standard InChI is InChI=1S/C17H26N6O/c1-22(14-8-3-2-4-9-14)12-7-13-24-23-16(19)20-15(18)21-17(23)10-5-6-11-17/h2-4,8-9H,5-7,10-13H2,1H3,(H4,18,19,20,21). The van der Waals surface area contributed by atoms with Crippen LogP contribution < -0.4 is 16.4 Å². The Kier molecular flexibility index (Phi) is 4.89. The van der Waals surface area contributed by atoms with E-state index < -0.39 is 5.66 Å². The van der Waals surface area contributed by atoms with E-state index in [4.69, 9.17) is 16.3 Å². The fourth-order valence-corrected chi connectivity index (χ4v) is 3.37. The summed E-state index contributed by atoms with van der Waals surface area (Å²) in [6, 6.07) is 10.3. The fraction of sp³-hybridized carbons (Fsp3) is 0.529. The van der Waals surface area contributed by atoms with Gasteiger partial charge in [0.05, 0.1) is 6.61 Å². The summed E-state index contributed by atoms with van der Waals surface area (Å²) in [6.07, 6.45) is 4.87. The first kappa shape index (κ1) is 16.6. The number of hydrogen-bond donors (Lipinski definition) is 2. The Morgan fingerprint density at radius 1 is 1.21 bits per heavy atom. The highest BCUT2D eigenvalue weighted by Gasteiger charge is 2.44. The molecule has 24 heavy (non-hydrogen) atoms. The Labute approximate surface area is 142 Å². The van der Waals surface area contributed by atoms with Crippen molar-refractivity contribution in [1.29, 1.82) is 0 Å². The normalized spacial score (nSPS) is 19.3. The fourth-order valence-electron chi connectivity index (χ4n) is 3.37. The van der Waals surface area contributed by atoms with Crippen molar-refractivity contribution in [2.75, 3.05) is 25.1 Å². The minimum atomic E-state index is -0.457. The summed E-state index contributed by atoms with van der Waals surface area (Å²) >= 11 is 0. The van der Waals surface area contributed by atoms with E-state index in [1.54, 1.807) is 5.06 Å². The van der Waals surface area contributed by atoms with Crippen molar-refractivity contribution >= 4 is 17.6 Å². The first-order chi connectivity index (χ1) is 11.6. The Morgan fingerprint density at radius 3 is 2.62 bits per heavy atom. The van der Waals surface area contributed by atoms with Gasteiger partial charge in [-0.3, -0.25) is 4.84 Å². The van der Waals surface area contributed by atoms with Gasteiger partial charge >= 0.3 is 0 Å². The molecule has 1 aromatic rings. The Morgan fingerprint density at radius 2 is 1.92 bits per heavy atom. The van der Waals surface area contributed by atoms with Gasteiger partial charge in [0, 0.05) is 19.3 Å². The summed E-state index contributed by atoms with van der Waals surface area (Å²) in [5.74, 6) is 0.555. The van der Waals surface area contributed by atoms with Gasteiger partial charge in [-0.15, -0.1) is 0 Å². The molecular formula is C17H26N6O. The quantitative estimate of drug-likeness (QED) is 0.774. The van der Waals surface area contributed by atoms with Gasteiger partial charge in [0.2, 0.25) is 11.9 Å². The number of hydroxylamine groups is 2. The first-order valence-corrected chi connectivity index (χ1v) is 8.50. The molecule has 2 aliphatic rings. The maximum atomic E-state index is 6.04. The molecule has 1 aromatic carbocycles. The molecule has 0 atom stereocenters. The van der Waals surface area contributed by atoms with E-state index in [9.17, 15) is 0 Å². The SMILES string of the molecule is CN(CCCON1C(N)=NC(N)=NC12CCCC2)c1ccccc1. The third-order valence-electron chi connectivity index (χ3n) is 4.60. The second-order valence-electron chi connectivity index (χ2n) is 6.37. The van der Waals surface area contributed by atoms with Crippen molar-refractivity contribution < 1.29 is 4.84 Å². The predicted molar refractivity (Wildman–Crippen MR) is 96.6 cm³/mol. The number of aliphatic imine (C=N–C) groups is 2. The molecule has 130 valence electrons. The maximum Gasteiger partial charge on any atom is 0.226 e. The van der Waals surface area contributed by atoms with E-state index in [0.717, 1.165) is 38.6 Å². The molecule has 1 aliphatic heterocycles. The number of guanidine groups is 2. The van der Waals surface area contributed by atoms with Gasteiger partial charge in [0.15, 0.2) is 5.66 Å². The lowest BCUT2D eigenvalue weighted by molar-refractivity contribution is -0.166. The monoisotopic (exact) mass is 330 g/mol. The lowest BCUT2D eigenvalue weighted by Crippen LogP contribution is -2.55. The number of rotatable bonds is 6. The molecule has 0 amide bonds. The maximum absolute atomic E-state index is 6.04. The summed E-state index contributed by atoms with van der Waals surface area (Å²) in [5, 5.41) is 1.68. The minimum absolute atomic E-state index is 0.248. The number of anilines is 1. The molecule has 0 unspecified atom stereocenters. The van der Waals surface area contributed by atoms with Crippen LogP contribution in [0.15, 0.2) is 40.3 Å². The van der Waals surface area contributed by atoms with E-state index in [2.05, 4.69) is 34.1 Å². The molecule has 7 heteroatoms. The highest BCUT2D eigenvalue weighted by Crippen LogP contribution is 2.38. The van der Waals surface area contributed by atoms with Crippen LogP contribution in [0.4, 0.5) is 5.69 Å². The molecule has 0 saturated heterocycles. The van der Waals surface area contributed by atoms with E-state index in [1.165, 1.54) is 5.69 Å². The molecule has 7 nitrogen and oxygen atoms in total. The van der Waals surface area contributed by atoms with E-state index in [-0.39, 0.29) is 5.96 Å². The summed E-state index contributed by atoms with van der Waals surface area (Å²) in [7, 11) is 2.08. The van der Waals surface area contributed by atoms with Crippen molar-refractivity contribution in [2.24, 2.45) is 21.5 Å². The molecule has 1 aliphatic carbocycles. The van der Waals surface area contributed by atoms with E-state index in [1.807, 2.05) is 18.2 Å². The smallest absolute Gasteiger partial charge is 0.226 e. The lowest BCUT2D eigenvalue weighted by Gasteiger charge is -2.39. The molecule has 1 heterocycles. The Bertz CT molecular complexity index is 609. The molecule has 1 spiro atoms. The van der Waals surface area contributed by atoms with Crippen molar-refractivity contribution in [3.63, 3.8) is 0 Å². The van der Waals surface area contributed by atoms with E-state index >= 15 is 0 Å². The van der Waals surface area contributed by atoms with Gasteiger partial charge < -0.3 is 16.4 Å². The molecule has 0 bridgehead atoms. The van der Waals surface area contributed by atoms with Crippen molar-refractivity contribution in [3.8, 4) is 0 Å². The van der Waals surface area contributed by atoms with Crippen LogP contribution in [0, 0.1) is 0 Å². The minimum Gasteiger partial charge on any atom is -0.375 e. The Hall–Kier alpha value is -2.28. The van der Waals surface area contributed by atoms with Gasteiger partial charge in [-0.1, -0.05) is 18.2 Å². The zero-order valence-corrected chi connectivity index (χ0v) is 14.2. The molecule has 1 fully saturated rings. The van der Waals surface area contributed by atoms with Crippen LogP contribution in [0.2, 0.25) is 0 Å². The zero-order valence-electron chi connectivity index (χ0n) is 14.2. The van der Waals surface area contributed by atoms with E-state index in [0.29, 0.717) is 12.6 Å². The van der Waals surface area contributed by atoms with Gasteiger partial charge in [0.25, 0.3) is 0 Å². The highest BCUT2D eigenvalue weighted by atomic mass is 16.7. The van der Waals surface area contributed by atoms with Crippen LogP contribution in [0.1, 0.15) is 32.1 Å². The molecule has 0 radical (unpaired) electrons. The second-order valence-corrected chi connectivity index (χ2v) is 6.37. The number of para-hydroxylation sites is 1. The summed E-state index contributed by atoms with van der Waals surface area (Å²) < 4.78 is 0. The van der Waals surface area contributed by atoms with Crippen LogP contribution in [0.5, 0.6) is 0 Å². The van der Waals surface area contributed by atoms with Crippen LogP contribution in [-0.4, -0.2) is 42.8 Å². The number of nitrogens with zero attached hydrogens (tertiary/aromatic N) is 4. The topological polar surface area (TPSA) is 92.5 Å². The average molecular weight is 330 g/mol. The van der Waals surface area contributed by atoms with Crippen LogP contribution in [0.25, 0.3) is 0 Å². The van der Waals surface area contributed by atoms with Crippen molar-refractivity contribution in [1.82, 2.24) is 5.06 Å². The predicted octanol–water partition coefficient (Wildman–Crippen LogP) is 1.66. The molecule has 1 saturated carbocycles. The average Bonchev–Trinajstić information content (AvgIpc) is 3.02. The van der Waals surface area contributed by atoms with Crippen LogP contribution >= 0.6 is 0 Å². The molecule has 3 rings (SSSR count). The van der Waals surface area contributed by atoms with Gasteiger partial charge in [-0.2, -0.15) is 10.1 Å². The summed E-state index contributed by atoms with van der Waals surface area (Å²) in [4.78, 5) is 16.7.